The largest absolute Gasteiger partial charge is 0.333 e. The summed E-state index contributed by atoms with van der Waals surface area (Å²) in [5, 5.41) is 9.46. The van der Waals surface area contributed by atoms with Crippen LogP contribution in [0.4, 0.5) is 10.2 Å². The van der Waals surface area contributed by atoms with Crippen LogP contribution in [0.5, 0.6) is 0 Å². The summed E-state index contributed by atoms with van der Waals surface area (Å²) in [6, 6.07) is 21.1. The minimum Gasteiger partial charge on any atom is -0.333 e. The van der Waals surface area contributed by atoms with Crippen LogP contribution >= 0.6 is 11.3 Å². The van der Waals surface area contributed by atoms with Gasteiger partial charge < -0.3 is 10.2 Å². The molecule has 2 aromatic heterocycles. The highest BCUT2D eigenvalue weighted by Gasteiger charge is 2.19. The molecule has 0 radical (unpaired) electrons. The maximum absolute atomic E-state index is 13.5. The number of nitrogens with one attached hydrogen (secondary N) is 1. The summed E-state index contributed by atoms with van der Waals surface area (Å²) in [5.74, 6) is -0.325. The van der Waals surface area contributed by atoms with E-state index in [9.17, 15) is 14.0 Å². The number of anilines is 1. The molecule has 0 aliphatic rings. The Morgan fingerprint density at radius 1 is 1.06 bits per heavy atom. The van der Waals surface area contributed by atoms with Gasteiger partial charge in [0.15, 0.2) is 0 Å². The number of hydrogen-bond donors (Lipinski definition) is 1. The first-order chi connectivity index (χ1) is 16.5. The summed E-state index contributed by atoms with van der Waals surface area (Å²) < 4.78 is 15.0. The number of hydrogen-bond acceptors (Lipinski definition) is 4. The number of carbonyl (C=O) groups is 2. The van der Waals surface area contributed by atoms with Gasteiger partial charge in [0.05, 0.1) is 24.3 Å². The predicted octanol–water partition coefficient (Wildman–Crippen LogP) is 5.16. The summed E-state index contributed by atoms with van der Waals surface area (Å²) in [6.07, 6.45) is 1.02. The standard InChI is InChI=1S/C26H25FN4O2S/c1-2-14-30(26(33)16-22-9-6-15-34-22)18-25(32)28-24-17-23(19-7-4-3-5-8-19)29-31(24)21-12-10-20(27)11-13-21/h3-13,15,17H,2,14,16,18H2,1H3,(H,28,32). The number of nitrogens with zero attached hydrogens (tertiary/aromatic N) is 3. The van der Waals surface area contributed by atoms with Crippen molar-refractivity contribution < 1.29 is 14.0 Å². The molecule has 8 heteroatoms. The van der Waals surface area contributed by atoms with Crippen LogP contribution in [0, 0.1) is 5.82 Å². The number of carbonyl (C=O) groups excluding carboxylic acids is 2. The van der Waals surface area contributed by atoms with Gasteiger partial charge in [0.25, 0.3) is 0 Å². The molecular weight excluding hydrogens is 451 g/mol. The molecule has 34 heavy (non-hydrogen) atoms. The Balaban J connectivity index is 1.56. The number of benzene rings is 2. The Morgan fingerprint density at radius 2 is 1.82 bits per heavy atom. The van der Waals surface area contributed by atoms with E-state index in [2.05, 4.69) is 10.4 Å². The lowest BCUT2D eigenvalue weighted by Crippen LogP contribution is -2.39. The number of halogens is 1. The third-order valence-electron chi connectivity index (χ3n) is 5.20. The molecular formula is C26H25FN4O2S. The zero-order valence-corrected chi connectivity index (χ0v) is 19.6. The van der Waals surface area contributed by atoms with Crippen molar-refractivity contribution in [1.29, 1.82) is 0 Å². The van der Waals surface area contributed by atoms with Gasteiger partial charge in [0, 0.05) is 23.1 Å². The summed E-state index contributed by atoms with van der Waals surface area (Å²) in [6.45, 7) is 2.40. The van der Waals surface area contributed by atoms with E-state index in [0.29, 0.717) is 23.7 Å². The summed E-state index contributed by atoms with van der Waals surface area (Å²) in [5.41, 5.74) is 2.16. The van der Waals surface area contributed by atoms with Crippen molar-refractivity contribution in [3.63, 3.8) is 0 Å². The minimum atomic E-state index is -0.357. The second-order valence-corrected chi connectivity index (χ2v) is 8.82. The van der Waals surface area contributed by atoms with E-state index in [1.807, 2.05) is 54.8 Å². The zero-order chi connectivity index (χ0) is 23.9. The van der Waals surface area contributed by atoms with E-state index in [0.717, 1.165) is 16.9 Å². The molecule has 0 aliphatic carbocycles. The van der Waals surface area contributed by atoms with Gasteiger partial charge in [-0.15, -0.1) is 11.3 Å². The van der Waals surface area contributed by atoms with Crippen LogP contribution in [-0.2, 0) is 16.0 Å². The average molecular weight is 477 g/mol. The number of thiophene rings is 1. The molecule has 0 saturated carbocycles. The van der Waals surface area contributed by atoms with Crippen LogP contribution in [0.25, 0.3) is 16.9 Å². The minimum absolute atomic E-state index is 0.0622. The Morgan fingerprint density at radius 3 is 2.50 bits per heavy atom. The normalized spacial score (nSPS) is 10.8. The molecule has 0 bridgehead atoms. The molecule has 6 nitrogen and oxygen atoms in total. The van der Waals surface area contributed by atoms with Crippen molar-refractivity contribution in [3.8, 4) is 16.9 Å². The molecule has 4 aromatic rings. The average Bonchev–Trinajstić information content (AvgIpc) is 3.50. The van der Waals surface area contributed by atoms with Gasteiger partial charge in [0.2, 0.25) is 11.8 Å². The van der Waals surface area contributed by atoms with E-state index < -0.39 is 0 Å². The van der Waals surface area contributed by atoms with Gasteiger partial charge in [-0.05, 0) is 42.1 Å². The lowest BCUT2D eigenvalue weighted by atomic mass is 10.1. The van der Waals surface area contributed by atoms with E-state index in [1.54, 1.807) is 27.8 Å². The summed E-state index contributed by atoms with van der Waals surface area (Å²) in [4.78, 5) is 28.3. The van der Waals surface area contributed by atoms with Crippen molar-refractivity contribution in [2.45, 2.75) is 19.8 Å². The highest BCUT2D eigenvalue weighted by molar-refractivity contribution is 7.10. The van der Waals surface area contributed by atoms with Gasteiger partial charge in [-0.2, -0.15) is 5.10 Å². The van der Waals surface area contributed by atoms with Crippen LogP contribution in [0.3, 0.4) is 0 Å². The van der Waals surface area contributed by atoms with Crippen molar-refractivity contribution >= 4 is 29.0 Å². The molecule has 0 spiro atoms. The molecule has 1 N–H and O–H groups in total. The molecule has 2 heterocycles. The molecule has 0 atom stereocenters. The predicted molar refractivity (Wildman–Crippen MR) is 132 cm³/mol. The number of amides is 2. The molecule has 0 unspecified atom stereocenters. The van der Waals surface area contributed by atoms with E-state index in [4.69, 9.17) is 0 Å². The molecule has 4 rings (SSSR count). The Labute approximate surface area is 201 Å². The Hall–Kier alpha value is -3.78. The molecule has 2 aromatic carbocycles. The fraction of sp³-hybridized carbons (Fsp3) is 0.192. The van der Waals surface area contributed by atoms with Crippen LogP contribution in [-0.4, -0.2) is 39.6 Å². The van der Waals surface area contributed by atoms with Gasteiger partial charge in [-0.1, -0.05) is 43.3 Å². The smallest absolute Gasteiger partial charge is 0.245 e. The SMILES string of the molecule is CCCN(CC(=O)Nc1cc(-c2ccccc2)nn1-c1ccc(F)cc1)C(=O)Cc1cccs1. The molecule has 0 saturated heterocycles. The number of rotatable bonds is 9. The second-order valence-electron chi connectivity index (χ2n) is 7.79. The third kappa shape index (κ3) is 5.77. The van der Waals surface area contributed by atoms with E-state index >= 15 is 0 Å². The van der Waals surface area contributed by atoms with Crippen molar-refractivity contribution in [3.05, 3.63) is 88.9 Å². The molecule has 174 valence electrons. The van der Waals surface area contributed by atoms with Crippen molar-refractivity contribution in [2.75, 3.05) is 18.4 Å². The van der Waals surface area contributed by atoms with Crippen LogP contribution in [0.2, 0.25) is 0 Å². The first kappa shape index (κ1) is 23.4. The van der Waals surface area contributed by atoms with Crippen LogP contribution < -0.4 is 5.32 Å². The maximum Gasteiger partial charge on any atom is 0.245 e. The fourth-order valence-electron chi connectivity index (χ4n) is 3.59. The van der Waals surface area contributed by atoms with Gasteiger partial charge >= 0.3 is 0 Å². The monoisotopic (exact) mass is 476 g/mol. The molecule has 0 fully saturated rings. The third-order valence-corrected chi connectivity index (χ3v) is 6.08. The molecule has 0 aliphatic heterocycles. The second kappa shape index (κ2) is 10.9. The van der Waals surface area contributed by atoms with Gasteiger partial charge in [-0.3, -0.25) is 9.59 Å². The van der Waals surface area contributed by atoms with Gasteiger partial charge in [-0.25, -0.2) is 9.07 Å². The quantitative estimate of drug-likeness (QED) is 0.363. The zero-order valence-electron chi connectivity index (χ0n) is 18.8. The topological polar surface area (TPSA) is 67.2 Å². The van der Waals surface area contributed by atoms with E-state index in [1.165, 1.54) is 23.5 Å². The summed E-state index contributed by atoms with van der Waals surface area (Å²) in [7, 11) is 0. The summed E-state index contributed by atoms with van der Waals surface area (Å²) >= 11 is 1.52. The first-order valence-corrected chi connectivity index (χ1v) is 11.9. The van der Waals surface area contributed by atoms with Gasteiger partial charge in [0.1, 0.15) is 11.6 Å². The first-order valence-electron chi connectivity index (χ1n) is 11.0. The van der Waals surface area contributed by atoms with Crippen LogP contribution in [0.15, 0.2) is 78.2 Å². The highest BCUT2D eigenvalue weighted by atomic mass is 32.1. The lowest BCUT2D eigenvalue weighted by molar-refractivity contribution is -0.134. The van der Waals surface area contributed by atoms with Crippen molar-refractivity contribution in [1.82, 2.24) is 14.7 Å². The highest BCUT2D eigenvalue weighted by Crippen LogP contribution is 2.25. The molecule has 2 amide bonds. The Bertz CT molecular complexity index is 1240. The maximum atomic E-state index is 13.5. The number of aromatic nitrogens is 2. The van der Waals surface area contributed by atoms with E-state index in [-0.39, 0.29) is 30.6 Å². The fourth-order valence-corrected chi connectivity index (χ4v) is 4.29. The Kier molecular flexibility index (Phi) is 7.49. The van der Waals surface area contributed by atoms with Crippen LogP contribution in [0.1, 0.15) is 18.2 Å². The van der Waals surface area contributed by atoms with Crippen molar-refractivity contribution in [2.24, 2.45) is 0 Å². The lowest BCUT2D eigenvalue weighted by Gasteiger charge is -2.21.